The highest BCUT2D eigenvalue weighted by atomic mass is 79.9. The molecule has 37 heavy (non-hydrogen) atoms. The van der Waals surface area contributed by atoms with Gasteiger partial charge in [-0.15, -0.1) is 0 Å². The van der Waals surface area contributed by atoms with Crippen LogP contribution >= 0.6 is 15.9 Å². The van der Waals surface area contributed by atoms with E-state index in [9.17, 15) is 19.8 Å². The molecular formula is C27H29BrN2O7. The number of phenolic OH excluding ortho intramolecular Hbond substituents is 1. The van der Waals surface area contributed by atoms with E-state index < -0.39 is 17.7 Å². The molecule has 1 amide bonds. The Labute approximate surface area is 223 Å². The molecule has 5 rings (SSSR count). The van der Waals surface area contributed by atoms with Gasteiger partial charge in [0.25, 0.3) is 11.7 Å². The van der Waals surface area contributed by atoms with Gasteiger partial charge < -0.3 is 29.3 Å². The fraction of sp³-hybridized carbons (Fsp3) is 0.407. The highest BCUT2D eigenvalue weighted by Crippen LogP contribution is 2.44. The first-order chi connectivity index (χ1) is 17.8. The molecule has 3 heterocycles. The molecule has 196 valence electrons. The normalized spacial score (nSPS) is 23.3. The molecular weight excluding hydrogens is 544 g/mol. The number of hydrogen-bond donors (Lipinski definition) is 2. The molecule has 0 spiro atoms. The van der Waals surface area contributed by atoms with Crippen LogP contribution in [-0.2, 0) is 20.7 Å². The number of morpholine rings is 1. The van der Waals surface area contributed by atoms with Crippen molar-refractivity contribution in [1.82, 2.24) is 9.80 Å². The molecule has 0 saturated carbocycles. The first-order valence-electron chi connectivity index (χ1n) is 12.2. The summed E-state index contributed by atoms with van der Waals surface area (Å²) in [5, 5.41) is 21.8. The predicted molar refractivity (Wildman–Crippen MR) is 139 cm³/mol. The Kier molecular flexibility index (Phi) is 7.15. The Morgan fingerprint density at radius 2 is 1.92 bits per heavy atom. The second-order valence-corrected chi connectivity index (χ2v) is 10.3. The number of nitrogens with zero attached hydrogens (tertiary/aromatic N) is 2. The summed E-state index contributed by atoms with van der Waals surface area (Å²) in [5.41, 5.74) is 1.90. The van der Waals surface area contributed by atoms with Gasteiger partial charge in [-0.25, -0.2) is 0 Å². The van der Waals surface area contributed by atoms with Crippen LogP contribution in [0.2, 0.25) is 0 Å². The summed E-state index contributed by atoms with van der Waals surface area (Å²) >= 11 is 3.34. The number of aliphatic hydroxyl groups excluding tert-OH is 1. The van der Waals surface area contributed by atoms with Crippen LogP contribution in [0.3, 0.4) is 0 Å². The van der Waals surface area contributed by atoms with Crippen molar-refractivity contribution in [2.45, 2.75) is 25.5 Å². The van der Waals surface area contributed by atoms with E-state index >= 15 is 0 Å². The monoisotopic (exact) mass is 572 g/mol. The Morgan fingerprint density at radius 1 is 1.16 bits per heavy atom. The maximum Gasteiger partial charge on any atom is 0.295 e. The average molecular weight is 573 g/mol. The number of benzene rings is 2. The number of amides is 1. The van der Waals surface area contributed by atoms with Crippen LogP contribution in [0.15, 0.2) is 40.4 Å². The number of rotatable bonds is 6. The lowest BCUT2D eigenvalue weighted by Crippen LogP contribution is -2.42. The van der Waals surface area contributed by atoms with Crippen molar-refractivity contribution in [3.8, 4) is 17.2 Å². The van der Waals surface area contributed by atoms with Gasteiger partial charge in [0, 0.05) is 38.2 Å². The van der Waals surface area contributed by atoms with Gasteiger partial charge in [0.05, 0.1) is 36.4 Å². The summed E-state index contributed by atoms with van der Waals surface area (Å²) in [6.45, 7) is 5.51. The van der Waals surface area contributed by atoms with Gasteiger partial charge in [0.15, 0.2) is 11.5 Å². The maximum atomic E-state index is 13.4. The van der Waals surface area contributed by atoms with Gasteiger partial charge in [-0.1, -0.05) is 0 Å². The van der Waals surface area contributed by atoms with Crippen molar-refractivity contribution in [3.05, 3.63) is 57.1 Å². The fourth-order valence-corrected chi connectivity index (χ4v) is 5.62. The summed E-state index contributed by atoms with van der Waals surface area (Å²) in [4.78, 5) is 30.4. The van der Waals surface area contributed by atoms with Gasteiger partial charge in [-0.2, -0.15) is 0 Å². The zero-order valence-electron chi connectivity index (χ0n) is 20.7. The molecule has 0 bridgehead atoms. The SMILES string of the molecule is COc1cc([C@H]2C(=C(O)c3ccc4c(c3)C[C@@H](C)O4)C(=O)C(=O)N2CCN2CCOCC2)cc(Br)c1O. The number of ether oxygens (including phenoxy) is 3. The van der Waals surface area contributed by atoms with Crippen LogP contribution < -0.4 is 9.47 Å². The number of Topliss-reactive ketones (excluding diaryl/α,β-unsaturated/α-hetero) is 1. The zero-order chi connectivity index (χ0) is 26.3. The Hall–Kier alpha value is -3.08. The molecule has 2 saturated heterocycles. The van der Waals surface area contributed by atoms with Crippen LogP contribution in [0, 0.1) is 0 Å². The minimum atomic E-state index is -0.865. The van der Waals surface area contributed by atoms with Crippen LogP contribution in [0.25, 0.3) is 5.76 Å². The third-order valence-electron chi connectivity index (χ3n) is 7.06. The number of phenols is 1. The molecule has 3 aliphatic rings. The van der Waals surface area contributed by atoms with E-state index in [0.717, 1.165) is 24.4 Å². The molecule has 0 aliphatic carbocycles. The summed E-state index contributed by atoms with van der Waals surface area (Å²) in [6.07, 6.45) is 0.718. The summed E-state index contributed by atoms with van der Waals surface area (Å²) in [5.74, 6) is -0.837. The molecule has 2 aromatic rings. The highest BCUT2D eigenvalue weighted by Gasteiger charge is 2.46. The largest absolute Gasteiger partial charge is 0.507 e. The van der Waals surface area contributed by atoms with Crippen LogP contribution in [0.5, 0.6) is 17.2 Å². The molecule has 3 aliphatic heterocycles. The van der Waals surface area contributed by atoms with Crippen LogP contribution in [-0.4, -0.2) is 84.3 Å². The van der Waals surface area contributed by atoms with E-state index in [1.807, 2.05) is 6.92 Å². The number of carbonyl (C=O) groups is 2. The molecule has 2 fully saturated rings. The van der Waals surface area contributed by atoms with Crippen LogP contribution in [0.4, 0.5) is 0 Å². The van der Waals surface area contributed by atoms with Crippen molar-refractivity contribution >= 4 is 33.4 Å². The number of carbonyl (C=O) groups excluding carboxylic acids is 2. The fourth-order valence-electron chi connectivity index (χ4n) is 5.16. The summed E-state index contributed by atoms with van der Waals surface area (Å²) in [7, 11) is 1.42. The Balaban J connectivity index is 1.59. The van der Waals surface area contributed by atoms with E-state index in [2.05, 4.69) is 20.8 Å². The quantitative estimate of drug-likeness (QED) is 0.308. The first-order valence-corrected chi connectivity index (χ1v) is 13.0. The molecule has 9 nitrogen and oxygen atoms in total. The third-order valence-corrected chi connectivity index (χ3v) is 7.66. The summed E-state index contributed by atoms with van der Waals surface area (Å²) < 4.78 is 16.9. The topological polar surface area (TPSA) is 109 Å². The predicted octanol–water partition coefficient (Wildman–Crippen LogP) is 3.24. The molecule has 2 aromatic carbocycles. The smallest absolute Gasteiger partial charge is 0.295 e. The lowest BCUT2D eigenvalue weighted by atomic mass is 9.94. The number of ketones is 1. The number of fused-ring (bicyclic) bond motifs is 1. The lowest BCUT2D eigenvalue weighted by Gasteiger charge is -2.31. The molecule has 0 unspecified atom stereocenters. The zero-order valence-corrected chi connectivity index (χ0v) is 22.3. The van der Waals surface area contributed by atoms with Gasteiger partial charge >= 0.3 is 0 Å². The Morgan fingerprint density at radius 3 is 2.65 bits per heavy atom. The average Bonchev–Trinajstić information content (AvgIpc) is 3.39. The van der Waals surface area contributed by atoms with E-state index in [1.54, 1.807) is 30.3 Å². The second kappa shape index (κ2) is 10.4. The minimum absolute atomic E-state index is 0.00136. The molecule has 10 heteroatoms. The van der Waals surface area contributed by atoms with Crippen LogP contribution in [0.1, 0.15) is 29.7 Å². The van der Waals surface area contributed by atoms with E-state index in [1.165, 1.54) is 12.0 Å². The van der Waals surface area contributed by atoms with Crippen molar-refractivity contribution in [2.75, 3.05) is 46.5 Å². The van der Waals surface area contributed by atoms with Crippen molar-refractivity contribution in [3.63, 3.8) is 0 Å². The number of likely N-dealkylation sites (tertiary alicyclic amines) is 1. The van der Waals surface area contributed by atoms with Gasteiger partial charge in [0.1, 0.15) is 17.6 Å². The number of aromatic hydroxyl groups is 1. The minimum Gasteiger partial charge on any atom is -0.507 e. The van der Waals surface area contributed by atoms with Crippen molar-refractivity contribution < 1.29 is 34.0 Å². The van der Waals surface area contributed by atoms with E-state index in [-0.39, 0.29) is 35.5 Å². The lowest BCUT2D eigenvalue weighted by molar-refractivity contribution is -0.140. The first kappa shape index (κ1) is 25.6. The summed E-state index contributed by atoms with van der Waals surface area (Å²) in [6, 6.07) is 7.64. The van der Waals surface area contributed by atoms with Gasteiger partial charge in [-0.3, -0.25) is 14.5 Å². The van der Waals surface area contributed by atoms with Crippen molar-refractivity contribution in [1.29, 1.82) is 0 Å². The molecule has 0 aromatic heterocycles. The Bertz CT molecular complexity index is 1270. The molecule has 2 atom stereocenters. The number of aliphatic hydroxyl groups is 1. The van der Waals surface area contributed by atoms with E-state index in [4.69, 9.17) is 14.2 Å². The second-order valence-electron chi connectivity index (χ2n) is 9.46. The van der Waals surface area contributed by atoms with Gasteiger partial charge in [-0.05, 0) is 64.3 Å². The number of halogens is 1. The highest BCUT2D eigenvalue weighted by molar-refractivity contribution is 9.10. The standard InChI is InChI=1S/C27H29BrN2O7/c1-15-11-17-12-16(3-4-20(17)37-15)24(31)22-23(18-13-19(28)25(32)21(14-18)35-2)30(27(34)26(22)33)6-5-29-7-9-36-10-8-29/h3-4,12-15,23,31-32H,5-11H2,1-2H3/t15-,23+/m1/s1. The molecule has 2 N–H and O–H groups in total. The third kappa shape index (κ3) is 4.81. The van der Waals surface area contributed by atoms with Crippen molar-refractivity contribution in [2.24, 2.45) is 0 Å². The van der Waals surface area contributed by atoms with E-state index in [0.29, 0.717) is 41.8 Å². The molecule has 0 radical (unpaired) electrons. The maximum absolute atomic E-state index is 13.4. The van der Waals surface area contributed by atoms with Gasteiger partial charge in [0.2, 0.25) is 0 Å². The number of hydrogen-bond acceptors (Lipinski definition) is 8. The number of methoxy groups -OCH3 is 1.